The molecule has 0 unspecified atom stereocenters. The van der Waals surface area contributed by atoms with Crippen LogP contribution in [0.2, 0.25) is 0 Å². The Morgan fingerprint density at radius 2 is 1.75 bits per heavy atom. The van der Waals surface area contributed by atoms with Crippen molar-refractivity contribution in [3.05, 3.63) is 65.2 Å². The van der Waals surface area contributed by atoms with Crippen LogP contribution in [0.25, 0.3) is 0 Å². The van der Waals surface area contributed by atoms with Crippen molar-refractivity contribution in [2.45, 2.75) is 52.6 Å². The van der Waals surface area contributed by atoms with Gasteiger partial charge in [0.05, 0.1) is 18.0 Å². The smallest absolute Gasteiger partial charge is 0.244 e. The normalized spacial score (nSPS) is 13.6. The maximum absolute atomic E-state index is 13.0. The van der Waals surface area contributed by atoms with Crippen LogP contribution in [0.3, 0.4) is 0 Å². The number of sulfonamides is 1. The van der Waals surface area contributed by atoms with Crippen LogP contribution in [-0.2, 0) is 21.2 Å². The van der Waals surface area contributed by atoms with Gasteiger partial charge in [0.15, 0.2) is 0 Å². The van der Waals surface area contributed by atoms with E-state index in [1.165, 1.54) is 9.87 Å². The molecule has 0 aliphatic rings. The maximum Gasteiger partial charge on any atom is 0.244 e. The second-order valence-electron chi connectivity index (χ2n) is 7.15. The fourth-order valence-corrected chi connectivity index (χ4v) is 4.46. The van der Waals surface area contributed by atoms with Crippen molar-refractivity contribution in [1.29, 1.82) is 0 Å². The van der Waals surface area contributed by atoms with Crippen molar-refractivity contribution in [3.63, 3.8) is 0 Å². The molecule has 0 saturated carbocycles. The number of benzene rings is 2. The molecule has 2 rings (SSSR count). The lowest BCUT2D eigenvalue weighted by Gasteiger charge is -2.31. The van der Waals surface area contributed by atoms with E-state index in [1.807, 2.05) is 51.1 Å². The van der Waals surface area contributed by atoms with Crippen LogP contribution in [0.5, 0.6) is 0 Å². The summed E-state index contributed by atoms with van der Waals surface area (Å²) >= 11 is 0. The van der Waals surface area contributed by atoms with Crippen LogP contribution < -0.4 is 9.62 Å². The number of nitrogens with zero attached hydrogens (tertiary/aromatic N) is 1. The number of rotatable bonds is 8. The van der Waals surface area contributed by atoms with Gasteiger partial charge in [-0.25, -0.2) is 8.42 Å². The maximum atomic E-state index is 13.0. The summed E-state index contributed by atoms with van der Waals surface area (Å²) in [5, 5.41) is 2.98. The average Bonchev–Trinajstić information content (AvgIpc) is 2.64. The second kappa shape index (κ2) is 9.24. The van der Waals surface area contributed by atoms with Crippen molar-refractivity contribution in [3.8, 4) is 0 Å². The van der Waals surface area contributed by atoms with Gasteiger partial charge in [-0.2, -0.15) is 0 Å². The summed E-state index contributed by atoms with van der Waals surface area (Å²) in [5.74, 6) is -0.304. The number of amides is 1. The van der Waals surface area contributed by atoms with E-state index in [4.69, 9.17) is 0 Å². The molecule has 0 aliphatic carbocycles. The van der Waals surface area contributed by atoms with E-state index in [-0.39, 0.29) is 11.9 Å². The van der Waals surface area contributed by atoms with Gasteiger partial charge in [0.2, 0.25) is 15.9 Å². The van der Waals surface area contributed by atoms with E-state index < -0.39 is 16.1 Å². The van der Waals surface area contributed by atoms with E-state index in [1.54, 1.807) is 18.2 Å². The summed E-state index contributed by atoms with van der Waals surface area (Å²) in [5.41, 5.74) is 3.66. The predicted molar refractivity (Wildman–Crippen MR) is 115 cm³/mol. The molecule has 0 heterocycles. The van der Waals surface area contributed by atoms with Gasteiger partial charge < -0.3 is 5.32 Å². The van der Waals surface area contributed by atoms with Gasteiger partial charge in [-0.15, -0.1) is 0 Å². The topological polar surface area (TPSA) is 66.5 Å². The highest BCUT2D eigenvalue weighted by Crippen LogP contribution is 2.24. The number of nitrogens with one attached hydrogen (secondary N) is 1. The van der Waals surface area contributed by atoms with Crippen molar-refractivity contribution in [2.24, 2.45) is 0 Å². The largest absolute Gasteiger partial charge is 0.348 e. The molecule has 1 N–H and O–H groups in total. The molecule has 5 nitrogen and oxygen atoms in total. The van der Waals surface area contributed by atoms with Gasteiger partial charge in [0.25, 0.3) is 0 Å². The van der Waals surface area contributed by atoms with E-state index in [0.717, 1.165) is 23.8 Å². The molecule has 28 heavy (non-hydrogen) atoms. The molecule has 0 aliphatic heterocycles. The molecule has 2 aromatic rings. The Morgan fingerprint density at radius 3 is 2.25 bits per heavy atom. The standard InChI is InChI=1S/C22H30N2O3S/c1-6-18-11-13-19(14-12-18)17(4)23-22(25)21(7-2)24(28(5,26)27)20-10-8-9-16(3)15-20/h8-15,17,21H,6-7H2,1-5H3,(H,23,25)/t17-,21+/m1/s1. The van der Waals surface area contributed by atoms with Crippen molar-refractivity contribution in [1.82, 2.24) is 5.32 Å². The summed E-state index contributed by atoms with van der Waals surface area (Å²) < 4.78 is 26.3. The van der Waals surface area contributed by atoms with Crippen LogP contribution in [0.1, 0.15) is 49.9 Å². The predicted octanol–water partition coefficient (Wildman–Crippen LogP) is 3.98. The Balaban J connectivity index is 2.28. The summed E-state index contributed by atoms with van der Waals surface area (Å²) in [7, 11) is -3.63. The number of hydrogen-bond acceptors (Lipinski definition) is 3. The zero-order valence-electron chi connectivity index (χ0n) is 17.3. The molecule has 2 atom stereocenters. The third kappa shape index (κ3) is 5.35. The lowest BCUT2D eigenvalue weighted by molar-refractivity contribution is -0.122. The van der Waals surface area contributed by atoms with Crippen LogP contribution in [-0.4, -0.2) is 26.6 Å². The summed E-state index contributed by atoms with van der Waals surface area (Å²) in [4.78, 5) is 13.0. The van der Waals surface area contributed by atoms with Gasteiger partial charge in [-0.05, 0) is 55.5 Å². The highest BCUT2D eigenvalue weighted by Gasteiger charge is 2.32. The molecular weight excluding hydrogens is 372 g/mol. The van der Waals surface area contributed by atoms with E-state index in [2.05, 4.69) is 12.2 Å². The fraction of sp³-hybridized carbons (Fsp3) is 0.409. The first-order chi connectivity index (χ1) is 13.2. The van der Waals surface area contributed by atoms with Crippen LogP contribution in [0.4, 0.5) is 5.69 Å². The molecule has 0 bridgehead atoms. The molecule has 0 fully saturated rings. The molecule has 152 valence electrons. The Hall–Kier alpha value is -2.34. The van der Waals surface area contributed by atoms with E-state index in [9.17, 15) is 13.2 Å². The lowest BCUT2D eigenvalue weighted by atomic mass is 10.0. The average molecular weight is 403 g/mol. The molecule has 0 aromatic heterocycles. The van der Waals surface area contributed by atoms with E-state index >= 15 is 0 Å². The van der Waals surface area contributed by atoms with Crippen LogP contribution in [0.15, 0.2) is 48.5 Å². The first-order valence-electron chi connectivity index (χ1n) is 9.62. The Bertz CT molecular complexity index is 908. The monoisotopic (exact) mass is 402 g/mol. The number of anilines is 1. The van der Waals surface area contributed by atoms with Crippen molar-refractivity contribution in [2.75, 3.05) is 10.6 Å². The molecule has 0 saturated heterocycles. The first-order valence-corrected chi connectivity index (χ1v) is 11.5. The Kier molecular flexibility index (Phi) is 7.24. The molecular formula is C22H30N2O3S. The number of carbonyl (C=O) groups excluding carboxylic acids is 1. The van der Waals surface area contributed by atoms with Crippen LogP contribution in [0, 0.1) is 6.92 Å². The van der Waals surface area contributed by atoms with E-state index in [0.29, 0.717) is 12.1 Å². The number of aryl methyl sites for hydroxylation is 2. The highest BCUT2D eigenvalue weighted by molar-refractivity contribution is 7.92. The summed E-state index contributed by atoms with van der Waals surface area (Å²) in [6, 6.07) is 14.3. The van der Waals surface area contributed by atoms with Crippen molar-refractivity contribution < 1.29 is 13.2 Å². The van der Waals surface area contributed by atoms with Gasteiger partial charge in [-0.3, -0.25) is 9.10 Å². The van der Waals surface area contributed by atoms with Crippen LogP contribution >= 0.6 is 0 Å². The first kappa shape index (κ1) is 22.0. The minimum atomic E-state index is -3.63. The third-order valence-electron chi connectivity index (χ3n) is 4.83. The minimum absolute atomic E-state index is 0.216. The lowest BCUT2D eigenvalue weighted by Crippen LogP contribution is -2.49. The summed E-state index contributed by atoms with van der Waals surface area (Å²) in [6.07, 6.45) is 2.46. The zero-order valence-corrected chi connectivity index (χ0v) is 18.1. The molecule has 0 radical (unpaired) electrons. The highest BCUT2D eigenvalue weighted by atomic mass is 32.2. The van der Waals surface area contributed by atoms with Gasteiger partial charge in [0.1, 0.15) is 6.04 Å². The molecule has 1 amide bonds. The quantitative estimate of drug-likeness (QED) is 0.726. The van der Waals surface area contributed by atoms with Gasteiger partial charge in [-0.1, -0.05) is 50.2 Å². The molecule has 6 heteroatoms. The SMILES string of the molecule is CCc1ccc([C@@H](C)NC(=O)[C@H](CC)N(c2cccc(C)c2)S(C)(=O)=O)cc1. The van der Waals surface area contributed by atoms with Crippen molar-refractivity contribution >= 4 is 21.6 Å². The second-order valence-corrected chi connectivity index (χ2v) is 9.01. The zero-order chi connectivity index (χ0) is 20.9. The molecule has 2 aromatic carbocycles. The van der Waals surface area contributed by atoms with Gasteiger partial charge >= 0.3 is 0 Å². The number of hydrogen-bond donors (Lipinski definition) is 1. The fourth-order valence-electron chi connectivity index (χ4n) is 3.26. The Labute approximate surface area is 168 Å². The minimum Gasteiger partial charge on any atom is -0.348 e. The third-order valence-corrected chi connectivity index (χ3v) is 6.01. The number of carbonyl (C=O) groups is 1. The summed E-state index contributed by atoms with van der Waals surface area (Å²) in [6.45, 7) is 7.71. The molecule has 0 spiro atoms. The van der Waals surface area contributed by atoms with Gasteiger partial charge in [0, 0.05) is 0 Å². The Morgan fingerprint density at radius 1 is 1.11 bits per heavy atom.